The standard InChI is InChI=1S/C21H23BrFNO2/c1-12-9-16(22)10-13(2)19(12)24-11-15(8-14(3)21(24)26)20(25)17-6-4-5-7-18(17)23/h4-7,9-10,14-15,20,25H,8,11H2,1-3H3/t14-,15+,20?/m1/s1. The minimum atomic E-state index is -0.940. The third-order valence-electron chi connectivity index (χ3n) is 5.16. The number of rotatable bonds is 3. The molecule has 0 spiro atoms. The maximum absolute atomic E-state index is 14.1. The number of aliphatic hydroxyl groups excluding tert-OH is 1. The highest BCUT2D eigenvalue weighted by atomic mass is 79.9. The van der Waals surface area contributed by atoms with Gasteiger partial charge in [0.1, 0.15) is 5.82 Å². The lowest BCUT2D eigenvalue weighted by molar-refractivity contribution is -0.124. The zero-order valence-corrected chi connectivity index (χ0v) is 16.8. The number of halogens is 2. The van der Waals surface area contributed by atoms with Crippen LogP contribution in [0.5, 0.6) is 0 Å². The molecule has 1 saturated heterocycles. The van der Waals surface area contributed by atoms with E-state index in [2.05, 4.69) is 15.9 Å². The summed E-state index contributed by atoms with van der Waals surface area (Å²) in [6.07, 6.45) is -0.398. The van der Waals surface area contributed by atoms with Crippen molar-refractivity contribution < 1.29 is 14.3 Å². The molecule has 0 aliphatic carbocycles. The van der Waals surface area contributed by atoms with Crippen LogP contribution in [0.1, 0.15) is 36.1 Å². The molecule has 2 aromatic rings. The molecule has 0 bridgehead atoms. The van der Waals surface area contributed by atoms with E-state index in [4.69, 9.17) is 0 Å². The van der Waals surface area contributed by atoms with Gasteiger partial charge in [-0.1, -0.05) is 41.1 Å². The molecule has 1 aliphatic rings. The number of hydrogen-bond donors (Lipinski definition) is 1. The SMILES string of the molecule is Cc1cc(Br)cc(C)c1N1C[C@@H](C(O)c2ccccc2F)C[C@@H](C)C1=O. The van der Waals surface area contributed by atoms with E-state index in [1.54, 1.807) is 23.1 Å². The van der Waals surface area contributed by atoms with Crippen LogP contribution in [0.4, 0.5) is 10.1 Å². The van der Waals surface area contributed by atoms with Crippen LogP contribution in [0.25, 0.3) is 0 Å². The van der Waals surface area contributed by atoms with E-state index in [1.807, 2.05) is 32.9 Å². The van der Waals surface area contributed by atoms with Crippen LogP contribution in [0.2, 0.25) is 0 Å². The van der Waals surface area contributed by atoms with Gasteiger partial charge in [0.25, 0.3) is 0 Å². The van der Waals surface area contributed by atoms with Crippen molar-refractivity contribution in [3.05, 3.63) is 63.4 Å². The number of piperidine rings is 1. The Bertz CT molecular complexity index is 816. The predicted octanol–water partition coefficient (Wildman–Crippen LogP) is 4.93. The molecule has 1 amide bonds. The maximum Gasteiger partial charge on any atom is 0.229 e. The normalized spacial score (nSPS) is 21.8. The van der Waals surface area contributed by atoms with Crippen molar-refractivity contribution in [1.29, 1.82) is 0 Å². The lowest BCUT2D eigenvalue weighted by Crippen LogP contribution is -2.47. The van der Waals surface area contributed by atoms with E-state index in [0.717, 1.165) is 21.3 Å². The van der Waals surface area contributed by atoms with Gasteiger partial charge >= 0.3 is 0 Å². The summed E-state index contributed by atoms with van der Waals surface area (Å²) in [5.74, 6) is -0.803. The first-order valence-corrected chi connectivity index (χ1v) is 9.59. The summed E-state index contributed by atoms with van der Waals surface area (Å²) < 4.78 is 15.1. The second kappa shape index (κ2) is 7.49. The Morgan fingerprint density at radius 1 is 1.23 bits per heavy atom. The first-order chi connectivity index (χ1) is 12.3. The molecule has 3 nitrogen and oxygen atoms in total. The highest BCUT2D eigenvalue weighted by Gasteiger charge is 2.37. The highest BCUT2D eigenvalue weighted by Crippen LogP contribution is 2.38. The maximum atomic E-state index is 14.1. The zero-order valence-electron chi connectivity index (χ0n) is 15.2. The van der Waals surface area contributed by atoms with Crippen LogP contribution in [-0.2, 0) is 4.79 Å². The van der Waals surface area contributed by atoms with Crippen LogP contribution >= 0.6 is 15.9 Å². The largest absolute Gasteiger partial charge is 0.388 e. The van der Waals surface area contributed by atoms with Crippen molar-refractivity contribution in [2.24, 2.45) is 11.8 Å². The summed E-state index contributed by atoms with van der Waals surface area (Å²) in [5.41, 5.74) is 3.18. The molecule has 1 heterocycles. The van der Waals surface area contributed by atoms with Gasteiger partial charge in [0, 0.05) is 34.1 Å². The molecule has 0 saturated carbocycles. The number of hydrogen-bond acceptors (Lipinski definition) is 2. The molecule has 3 atom stereocenters. The Hall–Kier alpha value is -1.72. The molecule has 138 valence electrons. The quantitative estimate of drug-likeness (QED) is 0.765. The molecule has 1 unspecified atom stereocenters. The number of aryl methyl sites for hydroxylation is 2. The number of benzene rings is 2. The van der Waals surface area contributed by atoms with Crippen LogP contribution in [-0.4, -0.2) is 17.6 Å². The second-order valence-electron chi connectivity index (χ2n) is 7.20. The van der Waals surface area contributed by atoms with Crippen molar-refractivity contribution in [2.75, 3.05) is 11.4 Å². The monoisotopic (exact) mass is 419 g/mol. The number of anilines is 1. The van der Waals surface area contributed by atoms with Gasteiger partial charge in [-0.3, -0.25) is 4.79 Å². The van der Waals surface area contributed by atoms with Gasteiger partial charge in [0.2, 0.25) is 5.91 Å². The number of carbonyl (C=O) groups is 1. The Morgan fingerprint density at radius 3 is 2.46 bits per heavy atom. The van der Waals surface area contributed by atoms with Crippen LogP contribution in [0.3, 0.4) is 0 Å². The Kier molecular flexibility index (Phi) is 5.49. The fourth-order valence-electron chi connectivity index (χ4n) is 3.95. The molecular formula is C21H23BrFNO2. The summed E-state index contributed by atoms with van der Waals surface area (Å²) in [6.45, 7) is 6.20. The van der Waals surface area contributed by atoms with E-state index in [9.17, 15) is 14.3 Å². The van der Waals surface area contributed by atoms with Crippen LogP contribution < -0.4 is 4.90 Å². The van der Waals surface area contributed by atoms with E-state index in [0.29, 0.717) is 18.5 Å². The van der Waals surface area contributed by atoms with Crippen LogP contribution in [0, 0.1) is 31.5 Å². The average molecular weight is 420 g/mol. The Morgan fingerprint density at radius 2 is 1.85 bits per heavy atom. The zero-order chi connectivity index (χ0) is 19.0. The van der Waals surface area contributed by atoms with Crippen molar-refractivity contribution in [1.82, 2.24) is 0 Å². The lowest BCUT2D eigenvalue weighted by atomic mass is 9.82. The first-order valence-electron chi connectivity index (χ1n) is 8.80. The van der Waals surface area contributed by atoms with Crippen molar-refractivity contribution in [2.45, 2.75) is 33.3 Å². The van der Waals surface area contributed by atoms with Gasteiger partial charge in [-0.05, 0) is 49.6 Å². The molecular weight excluding hydrogens is 397 g/mol. The number of nitrogens with zero attached hydrogens (tertiary/aromatic N) is 1. The topological polar surface area (TPSA) is 40.5 Å². The summed E-state index contributed by atoms with van der Waals surface area (Å²) in [7, 11) is 0. The average Bonchev–Trinajstić information content (AvgIpc) is 2.57. The summed E-state index contributed by atoms with van der Waals surface area (Å²) >= 11 is 3.49. The number of carbonyl (C=O) groups excluding carboxylic acids is 1. The molecule has 3 rings (SSSR count). The van der Waals surface area contributed by atoms with E-state index in [-0.39, 0.29) is 17.7 Å². The predicted molar refractivity (Wildman–Crippen MR) is 105 cm³/mol. The molecule has 0 radical (unpaired) electrons. The van der Waals surface area contributed by atoms with Gasteiger partial charge in [-0.25, -0.2) is 4.39 Å². The second-order valence-corrected chi connectivity index (χ2v) is 8.12. The smallest absolute Gasteiger partial charge is 0.229 e. The molecule has 1 N–H and O–H groups in total. The fraction of sp³-hybridized carbons (Fsp3) is 0.381. The van der Waals surface area contributed by atoms with E-state index in [1.165, 1.54) is 6.07 Å². The molecule has 5 heteroatoms. The van der Waals surface area contributed by atoms with Crippen molar-refractivity contribution >= 4 is 27.5 Å². The molecule has 26 heavy (non-hydrogen) atoms. The molecule has 1 fully saturated rings. The third kappa shape index (κ3) is 3.55. The van der Waals surface area contributed by atoms with Gasteiger partial charge in [-0.15, -0.1) is 0 Å². The van der Waals surface area contributed by atoms with Crippen molar-refractivity contribution in [3.8, 4) is 0 Å². The van der Waals surface area contributed by atoms with Gasteiger partial charge in [0.15, 0.2) is 0 Å². The summed E-state index contributed by atoms with van der Waals surface area (Å²) in [4.78, 5) is 14.6. The lowest BCUT2D eigenvalue weighted by Gasteiger charge is -2.39. The van der Waals surface area contributed by atoms with Crippen LogP contribution in [0.15, 0.2) is 40.9 Å². The van der Waals surface area contributed by atoms with E-state index < -0.39 is 11.9 Å². The minimum absolute atomic E-state index is 0.0514. The molecule has 1 aliphatic heterocycles. The van der Waals surface area contributed by atoms with Gasteiger partial charge in [0.05, 0.1) is 6.10 Å². The van der Waals surface area contributed by atoms with Gasteiger partial charge < -0.3 is 10.0 Å². The first kappa shape index (κ1) is 19.1. The molecule has 2 aromatic carbocycles. The number of amides is 1. The summed E-state index contributed by atoms with van der Waals surface area (Å²) in [6, 6.07) is 10.3. The van der Waals surface area contributed by atoms with Crippen molar-refractivity contribution in [3.63, 3.8) is 0 Å². The minimum Gasteiger partial charge on any atom is -0.388 e. The number of aliphatic hydroxyl groups is 1. The Labute approximate surface area is 162 Å². The van der Waals surface area contributed by atoms with E-state index >= 15 is 0 Å². The highest BCUT2D eigenvalue weighted by molar-refractivity contribution is 9.10. The Balaban J connectivity index is 1.95. The third-order valence-corrected chi connectivity index (χ3v) is 5.61. The van der Waals surface area contributed by atoms with Gasteiger partial charge in [-0.2, -0.15) is 0 Å². The molecule has 0 aromatic heterocycles. The fourth-order valence-corrected chi connectivity index (χ4v) is 4.63. The summed E-state index contributed by atoms with van der Waals surface area (Å²) in [5, 5.41) is 10.8.